The molecule has 0 saturated heterocycles. The zero-order chi connectivity index (χ0) is 92.4. The number of hydrogen-bond acceptors (Lipinski definition) is 3. The third kappa shape index (κ3) is 19.3. The summed E-state index contributed by atoms with van der Waals surface area (Å²) >= 11 is 0. The van der Waals surface area contributed by atoms with E-state index in [2.05, 4.69) is 614 Å². The molecule has 0 spiro atoms. The molecular weight excluding hydrogens is 1670 g/mol. The maximum atomic E-state index is 2.34. The largest absolute Gasteiger partial charge is 0.317 e. The SMILES string of the molecule is c1ccc(-c2ccc(-c3ccc(-c4ccc(N(c5ccccc5)c5ccc(-c6ccccc6)cc5)cc4-c4ccccc4)cc3)cc2)cc1.c1ccc(-c2ccc(N(c3ccccc3)c3ccc(-c4cccc5c4ccn5-c4ccccc4)c(-c4ccccc4)c3)cc2)cc1.c1ccc(-c2ccc(N(c3ccccc3)c3ccc(-c4ccccc4-c4ccccc4)c(-c4ccccc4)c3)cc2)cc1. The summed E-state index contributed by atoms with van der Waals surface area (Å²) in [7, 11) is 0. The predicted octanol–water partition coefficient (Wildman–Crippen LogP) is 37.4. The molecule has 1 aromatic heterocycles. The molecule has 23 aromatic rings. The first-order chi connectivity index (χ1) is 68.5. The summed E-state index contributed by atoms with van der Waals surface area (Å²) in [4.78, 5) is 7.03. The quantitative estimate of drug-likeness (QED) is 0.0672. The molecule has 0 fully saturated rings. The number of fused-ring (bicyclic) bond motifs is 1. The van der Waals surface area contributed by atoms with Gasteiger partial charge in [-0.05, 0) is 267 Å². The van der Waals surface area contributed by atoms with Crippen molar-refractivity contribution in [3.8, 4) is 139 Å². The second-order valence-electron chi connectivity index (χ2n) is 34.2. The van der Waals surface area contributed by atoms with Crippen LogP contribution in [0.15, 0.2) is 595 Å². The van der Waals surface area contributed by atoms with E-state index in [0.717, 1.165) is 56.9 Å². The van der Waals surface area contributed by atoms with Gasteiger partial charge in [0.05, 0.1) is 5.52 Å². The molecule has 0 N–H and O–H groups in total. The first-order valence-electron chi connectivity index (χ1n) is 47.2. The van der Waals surface area contributed by atoms with Crippen LogP contribution in [0.5, 0.6) is 0 Å². The number of aromatic nitrogens is 1. The first kappa shape index (κ1) is 86.5. The molecule has 0 saturated carbocycles. The minimum Gasteiger partial charge on any atom is -0.317 e. The Morgan fingerprint density at radius 2 is 0.312 bits per heavy atom. The van der Waals surface area contributed by atoms with Crippen LogP contribution in [0.1, 0.15) is 0 Å². The average Bonchev–Trinajstić information content (AvgIpc) is 1.44. The Hall–Kier alpha value is -18.2. The summed E-state index contributed by atoms with van der Waals surface area (Å²) in [6, 6.07) is 210. The number of para-hydroxylation sites is 4. The van der Waals surface area contributed by atoms with Crippen LogP contribution in [0.3, 0.4) is 0 Å². The fraction of sp³-hybridized carbons (Fsp3) is 0. The van der Waals surface area contributed by atoms with Crippen molar-refractivity contribution in [2.24, 2.45) is 0 Å². The zero-order valence-corrected chi connectivity index (χ0v) is 76.4. The van der Waals surface area contributed by atoms with E-state index in [1.54, 1.807) is 0 Å². The Morgan fingerprint density at radius 3 is 0.638 bits per heavy atom. The fourth-order valence-corrected chi connectivity index (χ4v) is 18.8. The Morgan fingerprint density at radius 1 is 0.116 bits per heavy atom. The van der Waals surface area contributed by atoms with E-state index in [4.69, 9.17) is 0 Å². The van der Waals surface area contributed by atoms with E-state index in [9.17, 15) is 0 Å². The van der Waals surface area contributed by atoms with Gasteiger partial charge in [-0.3, -0.25) is 0 Å². The Kier molecular flexibility index (Phi) is 25.9. The molecule has 0 bridgehead atoms. The highest BCUT2D eigenvalue weighted by molar-refractivity contribution is 6.02. The summed E-state index contributed by atoms with van der Waals surface area (Å²) in [5, 5.41) is 1.23. The van der Waals surface area contributed by atoms with Crippen LogP contribution in [0.4, 0.5) is 51.2 Å². The molecular formula is C134H98N4. The highest BCUT2D eigenvalue weighted by Gasteiger charge is 2.24. The van der Waals surface area contributed by atoms with Crippen molar-refractivity contribution in [3.63, 3.8) is 0 Å². The summed E-state index contributed by atoms with van der Waals surface area (Å²) in [6.45, 7) is 0. The summed E-state index contributed by atoms with van der Waals surface area (Å²) in [5.41, 5.74) is 41.3. The third-order valence-electron chi connectivity index (χ3n) is 25.7. The van der Waals surface area contributed by atoms with E-state index in [-0.39, 0.29) is 0 Å². The van der Waals surface area contributed by atoms with Crippen LogP contribution in [0.25, 0.3) is 150 Å². The van der Waals surface area contributed by atoms with Gasteiger partial charge in [-0.25, -0.2) is 0 Å². The lowest BCUT2D eigenvalue weighted by Gasteiger charge is -2.27. The monoisotopic (exact) mass is 1760 g/mol. The highest BCUT2D eigenvalue weighted by Crippen LogP contribution is 2.48. The summed E-state index contributed by atoms with van der Waals surface area (Å²) in [5.74, 6) is 0. The Labute approximate surface area is 809 Å². The predicted molar refractivity (Wildman–Crippen MR) is 585 cm³/mol. The molecule has 0 aliphatic carbocycles. The minimum atomic E-state index is 1.11. The van der Waals surface area contributed by atoms with Gasteiger partial charge in [0.1, 0.15) is 0 Å². The molecule has 1 heterocycles. The molecule has 0 unspecified atom stereocenters. The zero-order valence-electron chi connectivity index (χ0n) is 76.4. The molecule has 138 heavy (non-hydrogen) atoms. The van der Waals surface area contributed by atoms with Crippen LogP contribution in [0.2, 0.25) is 0 Å². The molecule has 0 radical (unpaired) electrons. The number of benzene rings is 22. The van der Waals surface area contributed by atoms with E-state index < -0.39 is 0 Å². The van der Waals surface area contributed by atoms with E-state index in [0.29, 0.717) is 0 Å². The second kappa shape index (κ2) is 41.3. The van der Waals surface area contributed by atoms with E-state index >= 15 is 0 Å². The first-order valence-corrected chi connectivity index (χ1v) is 47.2. The van der Waals surface area contributed by atoms with Gasteiger partial charge < -0.3 is 19.3 Å². The highest BCUT2D eigenvalue weighted by atomic mass is 15.2. The standard InChI is InChI=1S/C48H35N.C44H32N2.C42H31N/c1-5-13-36(14-6-1)38-21-23-39(24-22-38)40-25-27-43(28-26-40)47-34-33-46(35-48(47)42-17-9-3-10-18-42)49(44-19-11-4-12-20-44)45-31-29-41(30-32-45)37-15-7-2-8-16-37;1-5-14-33(15-6-1)34-24-26-38(27-25-34)46(37-20-11-4-12-21-37)39-28-29-41(43(32-39)35-16-7-2-8-17-35)40-22-13-23-44-42(40)30-31-45(44)36-18-9-3-10-19-36;1-5-15-32(16-6-1)33-25-27-37(28-26-33)43(36-21-11-4-12-22-36)38-29-30-41(42(31-38)35-19-9-3-10-20-35)40-24-14-13-23-39(40)34-17-7-2-8-18-34/h1-35H;1-32H;1-31H. The summed E-state index contributed by atoms with van der Waals surface area (Å²) < 4.78 is 2.27. The Bertz CT molecular complexity index is 7920. The molecule has 0 aliphatic heterocycles. The fourth-order valence-electron chi connectivity index (χ4n) is 18.8. The lowest BCUT2D eigenvalue weighted by Crippen LogP contribution is -2.10. The molecule has 22 aromatic carbocycles. The average molecular weight is 1760 g/mol. The number of anilines is 9. The van der Waals surface area contributed by atoms with Gasteiger partial charge >= 0.3 is 0 Å². The minimum absolute atomic E-state index is 1.11. The molecule has 4 nitrogen and oxygen atoms in total. The lowest BCUT2D eigenvalue weighted by molar-refractivity contribution is 1.13. The molecule has 654 valence electrons. The number of rotatable bonds is 22. The lowest BCUT2D eigenvalue weighted by atomic mass is 9.89. The van der Waals surface area contributed by atoms with Crippen LogP contribution in [-0.2, 0) is 0 Å². The van der Waals surface area contributed by atoms with Gasteiger partial charge in [-0.2, -0.15) is 0 Å². The topological polar surface area (TPSA) is 14.7 Å². The van der Waals surface area contributed by atoms with E-state index in [1.807, 2.05) is 0 Å². The van der Waals surface area contributed by atoms with Crippen molar-refractivity contribution in [1.82, 2.24) is 4.57 Å². The smallest absolute Gasteiger partial charge is 0.0534 e. The molecule has 0 atom stereocenters. The van der Waals surface area contributed by atoms with Crippen molar-refractivity contribution in [2.45, 2.75) is 0 Å². The van der Waals surface area contributed by atoms with Crippen molar-refractivity contribution in [1.29, 1.82) is 0 Å². The third-order valence-corrected chi connectivity index (χ3v) is 25.7. The van der Waals surface area contributed by atoms with Crippen molar-refractivity contribution >= 4 is 62.1 Å². The van der Waals surface area contributed by atoms with Crippen molar-refractivity contribution < 1.29 is 0 Å². The van der Waals surface area contributed by atoms with Gasteiger partial charge in [-0.15, -0.1) is 0 Å². The van der Waals surface area contributed by atoms with Gasteiger partial charge in [0.25, 0.3) is 0 Å². The van der Waals surface area contributed by atoms with Crippen LogP contribution in [-0.4, -0.2) is 4.57 Å². The summed E-state index contributed by atoms with van der Waals surface area (Å²) in [6.07, 6.45) is 2.18. The van der Waals surface area contributed by atoms with Crippen LogP contribution >= 0.6 is 0 Å². The number of hydrogen-bond donors (Lipinski definition) is 0. The van der Waals surface area contributed by atoms with Crippen LogP contribution < -0.4 is 14.7 Å². The van der Waals surface area contributed by atoms with Gasteiger partial charge in [0.15, 0.2) is 0 Å². The second-order valence-corrected chi connectivity index (χ2v) is 34.2. The van der Waals surface area contributed by atoms with Gasteiger partial charge in [0, 0.05) is 68.5 Å². The maximum absolute atomic E-state index is 2.34. The molecule has 0 amide bonds. The normalized spacial score (nSPS) is 10.9. The van der Waals surface area contributed by atoms with Crippen molar-refractivity contribution in [3.05, 3.63) is 595 Å². The number of nitrogens with zero attached hydrogens (tertiary/aromatic N) is 4. The maximum Gasteiger partial charge on any atom is 0.0534 e. The molecule has 0 aliphatic rings. The van der Waals surface area contributed by atoms with E-state index in [1.165, 1.54) is 144 Å². The molecule has 23 rings (SSSR count). The van der Waals surface area contributed by atoms with Crippen molar-refractivity contribution in [2.75, 3.05) is 14.7 Å². The Balaban J connectivity index is 0.000000124. The molecule has 4 heteroatoms. The van der Waals surface area contributed by atoms with Gasteiger partial charge in [0.2, 0.25) is 0 Å². The van der Waals surface area contributed by atoms with Crippen LogP contribution in [0, 0.1) is 0 Å². The van der Waals surface area contributed by atoms with Gasteiger partial charge in [-0.1, -0.05) is 455 Å².